The SMILES string of the molecule is CC(C)(CO)[C@H](c1c(F)ccc(Cl)c1Cl)N1CCNCC1. The van der Waals surface area contributed by atoms with E-state index in [9.17, 15) is 9.50 Å². The second-order valence-electron chi connectivity index (χ2n) is 6.09. The van der Waals surface area contributed by atoms with Gasteiger partial charge in [-0.25, -0.2) is 4.39 Å². The monoisotopic (exact) mass is 334 g/mol. The number of aliphatic hydroxyl groups excluding tert-OH is 1. The van der Waals surface area contributed by atoms with E-state index in [1.165, 1.54) is 12.1 Å². The molecule has 1 heterocycles. The van der Waals surface area contributed by atoms with E-state index >= 15 is 0 Å². The van der Waals surface area contributed by atoms with E-state index < -0.39 is 5.41 Å². The van der Waals surface area contributed by atoms with E-state index in [2.05, 4.69) is 10.2 Å². The summed E-state index contributed by atoms with van der Waals surface area (Å²) in [4.78, 5) is 2.16. The summed E-state index contributed by atoms with van der Waals surface area (Å²) in [6.07, 6.45) is 0. The molecule has 1 atom stereocenters. The summed E-state index contributed by atoms with van der Waals surface area (Å²) in [5.74, 6) is -0.380. The van der Waals surface area contributed by atoms with Crippen molar-refractivity contribution >= 4 is 23.2 Å². The Morgan fingerprint density at radius 3 is 2.52 bits per heavy atom. The van der Waals surface area contributed by atoms with Crippen molar-refractivity contribution in [2.75, 3.05) is 32.8 Å². The van der Waals surface area contributed by atoms with Crippen LogP contribution in [-0.4, -0.2) is 42.8 Å². The molecule has 1 aliphatic rings. The molecule has 1 fully saturated rings. The van der Waals surface area contributed by atoms with Crippen LogP contribution in [0.15, 0.2) is 12.1 Å². The summed E-state index contributed by atoms with van der Waals surface area (Å²) in [5, 5.41) is 13.6. The zero-order chi connectivity index (χ0) is 15.6. The van der Waals surface area contributed by atoms with Gasteiger partial charge in [-0.1, -0.05) is 37.0 Å². The second kappa shape index (κ2) is 6.80. The molecule has 1 aromatic rings. The molecule has 6 heteroatoms. The van der Waals surface area contributed by atoms with Crippen molar-refractivity contribution < 1.29 is 9.50 Å². The topological polar surface area (TPSA) is 35.5 Å². The van der Waals surface area contributed by atoms with Crippen LogP contribution >= 0.6 is 23.2 Å². The van der Waals surface area contributed by atoms with Crippen molar-refractivity contribution in [3.8, 4) is 0 Å². The van der Waals surface area contributed by atoms with Crippen LogP contribution in [0.3, 0.4) is 0 Å². The molecule has 118 valence electrons. The molecule has 1 aromatic carbocycles. The number of nitrogens with one attached hydrogen (secondary N) is 1. The Kier molecular flexibility index (Phi) is 5.49. The van der Waals surface area contributed by atoms with Crippen LogP contribution in [0.2, 0.25) is 10.0 Å². The number of hydrogen-bond acceptors (Lipinski definition) is 3. The molecule has 2 rings (SSSR count). The van der Waals surface area contributed by atoms with Gasteiger partial charge in [-0.15, -0.1) is 0 Å². The van der Waals surface area contributed by atoms with Crippen molar-refractivity contribution in [1.29, 1.82) is 0 Å². The van der Waals surface area contributed by atoms with Gasteiger partial charge in [0, 0.05) is 49.8 Å². The first-order chi connectivity index (χ1) is 9.88. The molecule has 0 amide bonds. The molecule has 2 N–H and O–H groups in total. The van der Waals surface area contributed by atoms with E-state index in [0.29, 0.717) is 10.6 Å². The van der Waals surface area contributed by atoms with Gasteiger partial charge in [0.2, 0.25) is 0 Å². The Morgan fingerprint density at radius 2 is 1.95 bits per heavy atom. The molecular weight excluding hydrogens is 314 g/mol. The van der Waals surface area contributed by atoms with Crippen molar-refractivity contribution in [2.45, 2.75) is 19.9 Å². The highest BCUT2D eigenvalue weighted by atomic mass is 35.5. The Morgan fingerprint density at radius 1 is 1.33 bits per heavy atom. The summed E-state index contributed by atoms with van der Waals surface area (Å²) < 4.78 is 14.4. The molecule has 0 unspecified atom stereocenters. The van der Waals surface area contributed by atoms with Crippen molar-refractivity contribution in [3.63, 3.8) is 0 Å². The van der Waals surface area contributed by atoms with Crippen LogP contribution in [0.5, 0.6) is 0 Å². The zero-order valence-corrected chi connectivity index (χ0v) is 13.8. The van der Waals surface area contributed by atoms with Crippen LogP contribution in [0, 0.1) is 11.2 Å². The largest absolute Gasteiger partial charge is 0.396 e. The summed E-state index contributed by atoms with van der Waals surface area (Å²) in [6.45, 7) is 6.97. The average molecular weight is 335 g/mol. The number of rotatable bonds is 4. The van der Waals surface area contributed by atoms with Crippen LogP contribution < -0.4 is 5.32 Å². The number of aliphatic hydroxyl groups is 1. The number of benzene rings is 1. The third kappa shape index (κ3) is 3.51. The Bertz CT molecular complexity index is 505. The fourth-order valence-electron chi connectivity index (χ4n) is 2.89. The maximum Gasteiger partial charge on any atom is 0.129 e. The Labute approximate surface area is 135 Å². The Balaban J connectivity index is 2.52. The van der Waals surface area contributed by atoms with Crippen LogP contribution in [-0.2, 0) is 0 Å². The van der Waals surface area contributed by atoms with Crippen molar-refractivity contribution in [3.05, 3.63) is 33.6 Å². The number of piperazine rings is 1. The molecule has 0 aliphatic carbocycles. The van der Waals surface area contributed by atoms with E-state index in [4.69, 9.17) is 23.2 Å². The van der Waals surface area contributed by atoms with Crippen LogP contribution in [0.1, 0.15) is 25.5 Å². The first kappa shape index (κ1) is 17.0. The summed E-state index contributed by atoms with van der Waals surface area (Å²) >= 11 is 12.3. The van der Waals surface area contributed by atoms with E-state index in [1.54, 1.807) is 0 Å². The summed E-state index contributed by atoms with van der Waals surface area (Å²) in [5.41, 5.74) is -0.155. The van der Waals surface area contributed by atoms with Gasteiger partial charge in [-0.2, -0.15) is 0 Å². The smallest absolute Gasteiger partial charge is 0.129 e. The van der Waals surface area contributed by atoms with E-state index in [0.717, 1.165) is 26.2 Å². The fraction of sp³-hybridized carbons (Fsp3) is 0.600. The van der Waals surface area contributed by atoms with E-state index in [1.807, 2.05) is 13.8 Å². The predicted molar refractivity (Wildman–Crippen MR) is 84.5 cm³/mol. The molecule has 0 radical (unpaired) electrons. The molecule has 0 aromatic heterocycles. The van der Waals surface area contributed by atoms with E-state index in [-0.39, 0.29) is 23.5 Å². The summed E-state index contributed by atoms with van der Waals surface area (Å²) in [6, 6.07) is 2.48. The Hall–Kier alpha value is -0.390. The number of halogens is 3. The van der Waals surface area contributed by atoms with Gasteiger partial charge in [-0.05, 0) is 12.1 Å². The van der Waals surface area contributed by atoms with Gasteiger partial charge in [0.1, 0.15) is 5.82 Å². The highest BCUT2D eigenvalue weighted by Gasteiger charge is 2.38. The second-order valence-corrected chi connectivity index (χ2v) is 6.88. The van der Waals surface area contributed by atoms with Gasteiger partial charge in [0.05, 0.1) is 10.0 Å². The maximum absolute atomic E-state index is 14.4. The minimum atomic E-state index is -0.535. The standard InChI is InChI=1S/C15H21Cl2FN2O/c1-15(2,9-21)14(20-7-5-19-6-8-20)12-11(18)4-3-10(16)13(12)17/h3-4,14,19,21H,5-9H2,1-2H3/t14-/m0/s1. The molecule has 0 spiro atoms. The van der Waals surface area contributed by atoms with Crippen LogP contribution in [0.25, 0.3) is 0 Å². The molecule has 0 bridgehead atoms. The summed E-state index contributed by atoms with van der Waals surface area (Å²) in [7, 11) is 0. The van der Waals surface area contributed by atoms with Gasteiger partial charge in [-0.3, -0.25) is 4.90 Å². The lowest BCUT2D eigenvalue weighted by atomic mass is 9.79. The third-order valence-electron chi connectivity index (χ3n) is 4.02. The van der Waals surface area contributed by atoms with Crippen molar-refractivity contribution in [2.24, 2.45) is 5.41 Å². The lowest BCUT2D eigenvalue weighted by Gasteiger charge is -2.43. The van der Waals surface area contributed by atoms with Crippen molar-refractivity contribution in [1.82, 2.24) is 10.2 Å². The van der Waals surface area contributed by atoms with Gasteiger partial charge in [0.15, 0.2) is 0 Å². The number of hydrogen-bond donors (Lipinski definition) is 2. The predicted octanol–water partition coefficient (Wildman–Crippen LogP) is 3.10. The van der Waals surface area contributed by atoms with Gasteiger partial charge in [0.25, 0.3) is 0 Å². The lowest BCUT2D eigenvalue weighted by Crippen LogP contribution is -2.50. The van der Waals surface area contributed by atoms with Gasteiger partial charge >= 0.3 is 0 Å². The third-order valence-corrected chi connectivity index (χ3v) is 4.84. The average Bonchev–Trinajstić information content (AvgIpc) is 2.48. The minimum Gasteiger partial charge on any atom is -0.396 e. The molecule has 1 aliphatic heterocycles. The lowest BCUT2D eigenvalue weighted by molar-refractivity contribution is 0.0287. The molecule has 0 saturated carbocycles. The quantitative estimate of drug-likeness (QED) is 0.830. The zero-order valence-electron chi connectivity index (χ0n) is 12.3. The van der Waals surface area contributed by atoms with Gasteiger partial charge < -0.3 is 10.4 Å². The molecule has 21 heavy (non-hydrogen) atoms. The first-order valence-corrected chi connectivity index (χ1v) is 7.83. The molecular formula is C15H21Cl2FN2O. The highest BCUT2D eigenvalue weighted by molar-refractivity contribution is 6.42. The fourth-order valence-corrected chi connectivity index (χ4v) is 3.31. The van der Waals surface area contributed by atoms with Crippen LogP contribution in [0.4, 0.5) is 4.39 Å². The molecule has 3 nitrogen and oxygen atoms in total. The molecule has 1 saturated heterocycles. The number of nitrogens with zero attached hydrogens (tertiary/aromatic N) is 1. The highest BCUT2D eigenvalue weighted by Crippen LogP contribution is 2.44. The minimum absolute atomic E-state index is 0.0656. The normalized spacial score (nSPS) is 18.8. The first-order valence-electron chi connectivity index (χ1n) is 7.07. The maximum atomic E-state index is 14.4.